The molecule has 88 valence electrons. The number of fused-ring (bicyclic) bond motifs is 1. The van der Waals surface area contributed by atoms with Gasteiger partial charge in [0, 0.05) is 31.2 Å². The summed E-state index contributed by atoms with van der Waals surface area (Å²) >= 11 is 0. The van der Waals surface area contributed by atoms with Gasteiger partial charge < -0.3 is 15.7 Å². The highest BCUT2D eigenvalue weighted by Crippen LogP contribution is 2.36. The standard InChI is InChI=1S/C12H17FN2O/c1-15-5-4-9(11(14)7-16)10-6-8(13)2-3-12(10)15/h2-3,6,9,11,16H,4-5,7,14H2,1H3. The first-order valence-corrected chi connectivity index (χ1v) is 5.50. The van der Waals surface area contributed by atoms with Crippen molar-refractivity contribution in [3.05, 3.63) is 29.6 Å². The van der Waals surface area contributed by atoms with Crippen molar-refractivity contribution in [3.8, 4) is 0 Å². The SMILES string of the molecule is CN1CCC(C(N)CO)c2cc(F)ccc21. The van der Waals surface area contributed by atoms with Crippen LogP contribution in [0.5, 0.6) is 0 Å². The maximum absolute atomic E-state index is 13.2. The molecule has 1 aliphatic rings. The van der Waals surface area contributed by atoms with Gasteiger partial charge in [-0.2, -0.15) is 0 Å². The number of hydrogen-bond acceptors (Lipinski definition) is 3. The minimum Gasteiger partial charge on any atom is -0.395 e. The number of anilines is 1. The lowest BCUT2D eigenvalue weighted by Crippen LogP contribution is -2.38. The van der Waals surface area contributed by atoms with Crippen LogP contribution in [0.25, 0.3) is 0 Å². The normalized spacial score (nSPS) is 21.8. The molecule has 16 heavy (non-hydrogen) atoms. The van der Waals surface area contributed by atoms with E-state index in [4.69, 9.17) is 10.8 Å². The van der Waals surface area contributed by atoms with Gasteiger partial charge in [0.25, 0.3) is 0 Å². The summed E-state index contributed by atoms with van der Waals surface area (Å²) in [6, 6.07) is 4.46. The van der Waals surface area contributed by atoms with Crippen LogP contribution < -0.4 is 10.6 Å². The lowest BCUT2D eigenvalue weighted by molar-refractivity contribution is 0.244. The first kappa shape index (κ1) is 11.4. The highest BCUT2D eigenvalue weighted by atomic mass is 19.1. The summed E-state index contributed by atoms with van der Waals surface area (Å²) in [6.07, 6.45) is 0.856. The van der Waals surface area contributed by atoms with Crippen LogP contribution in [0.15, 0.2) is 18.2 Å². The van der Waals surface area contributed by atoms with E-state index in [-0.39, 0.29) is 24.4 Å². The van der Waals surface area contributed by atoms with Crippen molar-refractivity contribution in [2.45, 2.75) is 18.4 Å². The highest BCUT2D eigenvalue weighted by molar-refractivity contribution is 5.57. The zero-order valence-corrected chi connectivity index (χ0v) is 9.36. The monoisotopic (exact) mass is 224 g/mol. The molecule has 0 aliphatic carbocycles. The largest absolute Gasteiger partial charge is 0.395 e. The molecule has 1 aromatic rings. The van der Waals surface area contributed by atoms with Gasteiger partial charge in [-0.3, -0.25) is 0 Å². The van der Waals surface area contributed by atoms with Gasteiger partial charge in [-0.1, -0.05) is 0 Å². The molecule has 0 radical (unpaired) electrons. The molecule has 0 saturated heterocycles. The van der Waals surface area contributed by atoms with Crippen molar-refractivity contribution in [1.29, 1.82) is 0 Å². The number of rotatable bonds is 2. The number of nitrogens with two attached hydrogens (primary N) is 1. The smallest absolute Gasteiger partial charge is 0.123 e. The van der Waals surface area contributed by atoms with Crippen LogP contribution in [-0.2, 0) is 0 Å². The van der Waals surface area contributed by atoms with Crippen LogP contribution in [0, 0.1) is 5.82 Å². The molecule has 2 atom stereocenters. The van der Waals surface area contributed by atoms with Crippen LogP contribution in [0.1, 0.15) is 17.9 Å². The van der Waals surface area contributed by atoms with Crippen molar-refractivity contribution in [3.63, 3.8) is 0 Å². The number of halogens is 1. The number of nitrogens with zero attached hydrogens (tertiary/aromatic N) is 1. The van der Waals surface area contributed by atoms with Crippen LogP contribution in [0.2, 0.25) is 0 Å². The second kappa shape index (κ2) is 4.39. The minimum absolute atomic E-state index is 0.0481. The molecule has 4 heteroatoms. The summed E-state index contributed by atoms with van der Waals surface area (Å²) in [5, 5.41) is 9.12. The molecule has 0 bridgehead atoms. The predicted octanol–water partition coefficient (Wildman–Crippen LogP) is 1.07. The zero-order chi connectivity index (χ0) is 11.7. The number of aliphatic hydroxyl groups excluding tert-OH is 1. The van der Waals surface area contributed by atoms with Crippen LogP contribution >= 0.6 is 0 Å². The predicted molar refractivity (Wildman–Crippen MR) is 62.1 cm³/mol. The van der Waals surface area contributed by atoms with Crippen molar-refractivity contribution in [2.24, 2.45) is 5.73 Å². The fourth-order valence-electron chi connectivity index (χ4n) is 2.35. The van der Waals surface area contributed by atoms with E-state index < -0.39 is 0 Å². The van der Waals surface area contributed by atoms with Gasteiger partial charge in [-0.25, -0.2) is 4.39 Å². The van der Waals surface area contributed by atoms with Gasteiger partial charge in [-0.15, -0.1) is 0 Å². The number of hydrogen-bond donors (Lipinski definition) is 2. The Morgan fingerprint density at radius 1 is 1.62 bits per heavy atom. The van der Waals surface area contributed by atoms with E-state index in [1.54, 1.807) is 6.07 Å². The lowest BCUT2D eigenvalue weighted by atomic mass is 9.85. The maximum atomic E-state index is 13.2. The molecule has 2 unspecified atom stereocenters. The van der Waals surface area contributed by atoms with Gasteiger partial charge >= 0.3 is 0 Å². The molecular formula is C12H17FN2O. The fourth-order valence-corrected chi connectivity index (χ4v) is 2.35. The summed E-state index contributed by atoms with van der Waals surface area (Å²) < 4.78 is 13.2. The van der Waals surface area contributed by atoms with Crippen LogP contribution in [-0.4, -0.2) is 31.3 Å². The van der Waals surface area contributed by atoms with Crippen LogP contribution in [0.4, 0.5) is 10.1 Å². The average Bonchev–Trinajstić information content (AvgIpc) is 2.28. The summed E-state index contributed by atoms with van der Waals surface area (Å²) in [6.45, 7) is 0.821. The third-order valence-electron chi connectivity index (χ3n) is 3.30. The Hall–Kier alpha value is -1.13. The Balaban J connectivity index is 2.41. The van der Waals surface area contributed by atoms with E-state index in [1.807, 2.05) is 7.05 Å². The molecule has 0 saturated carbocycles. The van der Waals surface area contributed by atoms with Gasteiger partial charge in [-0.05, 0) is 30.2 Å². The second-order valence-electron chi connectivity index (χ2n) is 4.37. The van der Waals surface area contributed by atoms with E-state index in [0.29, 0.717) is 0 Å². The van der Waals surface area contributed by atoms with Crippen molar-refractivity contribution in [2.75, 3.05) is 25.1 Å². The Kier molecular flexibility index (Phi) is 3.12. The highest BCUT2D eigenvalue weighted by Gasteiger charge is 2.27. The third kappa shape index (κ3) is 1.90. The summed E-state index contributed by atoms with van der Waals surface area (Å²) in [5.74, 6) is -0.198. The molecule has 1 aliphatic heterocycles. The van der Waals surface area contributed by atoms with E-state index in [9.17, 15) is 4.39 Å². The minimum atomic E-state index is -0.311. The molecule has 3 nitrogen and oxygen atoms in total. The summed E-state index contributed by atoms with van der Waals surface area (Å²) in [5.41, 5.74) is 7.79. The zero-order valence-electron chi connectivity index (χ0n) is 9.36. The van der Waals surface area contributed by atoms with Crippen molar-refractivity contribution >= 4 is 5.69 Å². The molecular weight excluding hydrogens is 207 g/mol. The molecule has 0 spiro atoms. The van der Waals surface area contributed by atoms with Crippen molar-refractivity contribution < 1.29 is 9.50 Å². The summed E-state index contributed by atoms with van der Waals surface area (Å²) in [7, 11) is 1.98. The van der Waals surface area contributed by atoms with E-state index in [2.05, 4.69) is 4.90 Å². The average molecular weight is 224 g/mol. The Morgan fingerprint density at radius 3 is 3.06 bits per heavy atom. The topological polar surface area (TPSA) is 49.5 Å². The first-order valence-electron chi connectivity index (χ1n) is 5.50. The molecule has 1 aromatic carbocycles. The number of aliphatic hydroxyl groups is 1. The van der Waals surface area contributed by atoms with E-state index >= 15 is 0 Å². The Bertz CT molecular complexity index is 383. The molecule has 1 heterocycles. The number of benzene rings is 1. The molecule has 3 N–H and O–H groups in total. The molecule has 0 fully saturated rings. The van der Waals surface area contributed by atoms with Gasteiger partial charge in [0.2, 0.25) is 0 Å². The molecule has 0 amide bonds. The second-order valence-corrected chi connectivity index (χ2v) is 4.37. The van der Waals surface area contributed by atoms with E-state index in [0.717, 1.165) is 24.2 Å². The fraction of sp³-hybridized carbons (Fsp3) is 0.500. The van der Waals surface area contributed by atoms with Crippen molar-refractivity contribution in [1.82, 2.24) is 0 Å². The first-order chi connectivity index (χ1) is 7.63. The third-order valence-corrected chi connectivity index (χ3v) is 3.30. The van der Waals surface area contributed by atoms with Crippen LogP contribution in [0.3, 0.4) is 0 Å². The quantitative estimate of drug-likeness (QED) is 0.790. The van der Waals surface area contributed by atoms with Gasteiger partial charge in [0.15, 0.2) is 0 Å². The lowest BCUT2D eigenvalue weighted by Gasteiger charge is -2.35. The Labute approximate surface area is 94.7 Å². The maximum Gasteiger partial charge on any atom is 0.123 e. The Morgan fingerprint density at radius 2 is 2.38 bits per heavy atom. The van der Waals surface area contributed by atoms with Gasteiger partial charge in [0.1, 0.15) is 5.82 Å². The van der Waals surface area contributed by atoms with E-state index in [1.165, 1.54) is 12.1 Å². The molecule has 2 rings (SSSR count). The molecule has 0 aromatic heterocycles. The van der Waals surface area contributed by atoms with Gasteiger partial charge in [0.05, 0.1) is 6.61 Å². The summed E-state index contributed by atoms with van der Waals surface area (Å²) in [4.78, 5) is 2.09.